The van der Waals surface area contributed by atoms with E-state index >= 15 is 0 Å². The molecule has 0 unspecified atom stereocenters. The van der Waals surface area contributed by atoms with Gasteiger partial charge in [0.15, 0.2) is 5.82 Å². The quantitative estimate of drug-likeness (QED) is 0.231. The molecule has 2 aromatic heterocycles. The Hall–Kier alpha value is -4.22. The zero-order valence-corrected chi connectivity index (χ0v) is 18.9. The largest absolute Gasteiger partial charge is 0.317 e. The number of unbranched alkanes of at least 4 members (excludes halogenated alkanes) is 2. The predicted molar refractivity (Wildman–Crippen MR) is 132 cm³/mol. The summed E-state index contributed by atoms with van der Waals surface area (Å²) in [5.41, 5.74) is 4.83. The van der Waals surface area contributed by atoms with Crippen molar-refractivity contribution in [2.75, 3.05) is 0 Å². The van der Waals surface area contributed by atoms with Crippen LogP contribution in [0.4, 0.5) is 4.39 Å². The highest BCUT2D eigenvalue weighted by atomic mass is 19.1. The molecular weight excluding hydrogens is 423 g/mol. The molecule has 0 atom stereocenters. The summed E-state index contributed by atoms with van der Waals surface area (Å²) in [7, 11) is 0. The summed E-state index contributed by atoms with van der Waals surface area (Å²) in [6.45, 7) is 0.739. The minimum atomic E-state index is -0.283. The van der Waals surface area contributed by atoms with Crippen molar-refractivity contribution in [2.45, 2.75) is 38.6 Å². The molecule has 0 fully saturated rings. The maximum atomic E-state index is 13.6. The predicted octanol–water partition coefficient (Wildman–Crippen LogP) is 6.43. The molecule has 0 aliphatic heterocycles. The Morgan fingerprint density at radius 2 is 1.62 bits per heavy atom. The van der Waals surface area contributed by atoms with Gasteiger partial charge < -0.3 is 4.57 Å². The summed E-state index contributed by atoms with van der Waals surface area (Å²) < 4.78 is 15.8. The number of halogens is 1. The fraction of sp³-hybridized carbons (Fsp3) is 0.207. The van der Waals surface area contributed by atoms with Crippen LogP contribution in [0, 0.1) is 29.0 Å². The Morgan fingerprint density at radius 3 is 2.35 bits per heavy atom. The highest BCUT2D eigenvalue weighted by Crippen LogP contribution is 2.33. The minimum Gasteiger partial charge on any atom is -0.317 e. The molecule has 34 heavy (non-hydrogen) atoms. The number of nitriles is 1. The molecule has 0 aliphatic carbocycles. The molecule has 2 aromatic carbocycles. The van der Waals surface area contributed by atoms with Gasteiger partial charge in [0, 0.05) is 42.9 Å². The van der Waals surface area contributed by atoms with Crippen molar-refractivity contribution >= 4 is 0 Å². The fourth-order valence-electron chi connectivity index (χ4n) is 3.86. The number of pyridine rings is 1. The third-order valence-electron chi connectivity index (χ3n) is 5.52. The summed E-state index contributed by atoms with van der Waals surface area (Å²) in [5.74, 6) is 6.81. The van der Waals surface area contributed by atoms with Gasteiger partial charge in [-0.15, -0.1) is 0 Å². The van der Waals surface area contributed by atoms with Crippen LogP contribution >= 0.6 is 0 Å². The molecule has 0 radical (unpaired) electrons. The standard InChI is InChI=1S/C29H25FN4/c30-26-15-13-24(14-16-26)28-29(25-17-20-32-21-18-25)34(22-8-11-23-9-4-3-5-10-23)27(33-28)12-6-1-2-7-19-31/h3-5,9-10,13-18,20-21H,1-2,7-8,11,22H2. The molecule has 0 spiro atoms. The number of hydrogen-bond acceptors (Lipinski definition) is 3. The minimum absolute atomic E-state index is 0.283. The van der Waals surface area contributed by atoms with Crippen LogP contribution in [0.15, 0.2) is 79.1 Å². The summed E-state index contributed by atoms with van der Waals surface area (Å²) in [6, 6.07) is 22.9. The van der Waals surface area contributed by atoms with E-state index in [0.29, 0.717) is 18.7 Å². The van der Waals surface area contributed by atoms with E-state index in [4.69, 9.17) is 10.2 Å². The molecule has 0 bridgehead atoms. The molecule has 4 rings (SSSR count). The van der Waals surface area contributed by atoms with E-state index in [0.717, 1.165) is 48.3 Å². The first-order valence-electron chi connectivity index (χ1n) is 11.4. The van der Waals surface area contributed by atoms with Gasteiger partial charge in [0.1, 0.15) is 5.82 Å². The van der Waals surface area contributed by atoms with Crippen LogP contribution in [-0.4, -0.2) is 14.5 Å². The number of aryl methyl sites for hydroxylation is 1. The first kappa shape index (κ1) is 23.0. The average Bonchev–Trinajstić information content (AvgIpc) is 3.24. The van der Waals surface area contributed by atoms with E-state index in [1.807, 2.05) is 18.2 Å². The summed E-state index contributed by atoms with van der Waals surface area (Å²) >= 11 is 0. The number of imidazole rings is 1. The molecule has 0 aliphatic rings. The van der Waals surface area contributed by atoms with Gasteiger partial charge >= 0.3 is 0 Å². The average molecular weight is 449 g/mol. The maximum Gasteiger partial charge on any atom is 0.186 e. The molecule has 0 saturated carbocycles. The maximum absolute atomic E-state index is 13.6. The van der Waals surface area contributed by atoms with Crippen LogP contribution in [0.3, 0.4) is 0 Å². The molecule has 0 saturated heterocycles. The van der Waals surface area contributed by atoms with Gasteiger partial charge in [-0.05, 0) is 67.1 Å². The molecule has 5 heteroatoms. The number of nitrogens with zero attached hydrogens (tertiary/aromatic N) is 4. The van der Waals surface area contributed by atoms with Crippen LogP contribution < -0.4 is 0 Å². The zero-order valence-electron chi connectivity index (χ0n) is 18.9. The van der Waals surface area contributed by atoms with Gasteiger partial charge in [0.25, 0.3) is 0 Å². The van der Waals surface area contributed by atoms with Crippen molar-refractivity contribution in [3.8, 4) is 40.4 Å². The molecule has 168 valence electrons. The summed E-state index contributed by atoms with van der Waals surface area (Å²) in [4.78, 5) is 9.08. The topological polar surface area (TPSA) is 54.5 Å². The van der Waals surface area contributed by atoms with Crippen molar-refractivity contribution in [3.63, 3.8) is 0 Å². The second kappa shape index (κ2) is 11.6. The normalized spacial score (nSPS) is 10.4. The second-order valence-electron chi connectivity index (χ2n) is 7.93. The van der Waals surface area contributed by atoms with Gasteiger partial charge in [0.2, 0.25) is 0 Å². The Kier molecular flexibility index (Phi) is 7.82. The Morgan fingerprint density at radius 1 is 0.853 bits per heavy atom. The monoisotopic (exact) mass is 448 g/mol. The molecule has 2 heterocycles. The van der Waals surface area contributed by atoms with Crippen molar-refractivity contribution in [3.05, 3.63) is 96.3 Å². The van der Waals surface area contributed by atoms with E-state index in [2.05, 4.69) is 51.7 Å². The van der Waals surface area contributed by atoms with Crippen LogP contribution in [-0.2, 0) is 13.0 Å². The zero-order chi connectivity index (χ0) is 23.6. The van der Waals surface area contributed by atoms with Crippen LogP contribution in [0.2, 0.25) is 0 Å². The molecular formula is C29H25FN4. The van der Waals surface area contributed by atoms with Gasteiger partial charge in [-0.2, -0.15) is 5.26 Å². The summed E-state index contributed by atoms with van der Waals surface area (Å²) in [5, 5.41) is 8.78. The SMILES string of the molecule is N#CCCCC#Cc1nc(-c2ccc(F)cc2)c(-c2ccncc2)n1CCCc1ccccc1. The first-order chi connectivity index (χ1) is 16.8. The first-order valence-corrected chi connectivity index (χ1v) is 11.4. The van der Waals surface area contributed by atoms with Crippen molar-refractivity contribution in [2.24, 2.45) is 0 Å². The number of hydrogen-bond donors (Lipinski definition) is 0. The van der Waals surface area contributed by atoms with Gasteiger partial charge in [-0.1, -0.05) is 36.3 Å². The number of aromatic nitrogens is 3. The van der Waals surface area contributed by atoms with Gasteiger partial charge in [-0.3, -0.25) is 4.98 Å². The Bertz CT molecular complexity index is 1310. The van der Waals surface area contributed by atoms with E-state index in [-0.39, 0.29) is 5.82 Å². The fourth-order valence-corrected chi connectivity index (χ4v) is 3.86. The third-order valence-corrected chi connectivity index (χ3v) is 5.52. The lowest BCUT2D eigenvalue weighted by Gasteiger charge is -2.12. The van der Waals surface area contributed by atoms with Crippen LogP contribution in [0.5, 0.6) is 0 Å². The van der Waals surface area contributed by atoms with E-state index in [1.54, 1.807) is 24.5 Å². The molecule has 0 N–H and O–H groups in total. The second-order valence-corrected chi connectivity index (χ2v) is 7.93. The lowest BCUT2D eigenvalue weighted by molar-refractivity contribution is 0.628. The van der Waals surface area contributed by atoms with Gasteiger partial charge in [0.05, 0.1) is 17.5 Å². The van der Waals surface area contributed by atoms with Crippen molar-refractivity contribution < 1.29 is 4.39 Å². The number of benzene rings is 2. The molecule has 0 amide bonds. The lowest BCUT2D eigenvalue weighted by Crippen LogP contribution is -2.05. The highest BCUT2D eigenvalue weighted by molar-refractivity contribution is 5.79. The third kappa shape index (κ3) is 5.77. The number of rotatable bonds is 8. The summed E-state index contributed by atoms with van der Waals surface area (Å²) in [6.07, 6.45) is 7.25. The molecule has 4 nitrogen and oxygen atoms in total. The van der Waals surface area contributed by atoms with E-state index in [9.17, 15) is 4.39 Å². The molecule has 4 aromatic rings. The highest BCUT2D eigenvalue weighted by Gasteiger charge is 2.19. The van der Waals surface area contributed by atoms with Crippen LogP contribution in [0.25, 0.3) is 22.5 Å². The Balaban J connectivity index is 1.75. The van der Waals surface area contributed by atoms with Crippen LogP contribution in [0.1, 0.15) is 37.1 Å². The van der Waals surface area contributed by atoms with E-state index < -0.39 is 0 Å². The van der Waals surface area contributed by atoms with Crippen molar-refractivity contribution in [1.29, 1.82) is 5.26 Å². The van der Waals surface area contributed by atoms with Crippen molar-refractivity contribution in [1.82, 2.24) is 14.5 Å². The Labute approximate surface area is 199 Å². The smallest absolute Gasteiger partial charge is 0.186 e. The van der Waals surface area contributed by atoms with E-state index in [1.165, 1.54) is 17.7 Å². The lowest BCUT2D eigenvalue weighted by atomic mass is 10.1. The van der Waals surface area contributed by atoms with Gasteiger partial charge in [-0.25, -0.2) is 9.37 Å².